The summed E-state index contributed by atoms with van der Waals surface area (Å²) in [5, 5.41) is 13.4. The molecule has 1 atom stereocenters. The lowest BCUT2D eigenvalue weighted by atomic mass is 10.0. The molecule has 1 aromatic heterocycles. The number of thiazole rings is 1. The number of unbranched alkanes of at least 4 members (excludes halogenated alkanes) is 1. The summed E-state index contributed by atoms with van der Waals surface area (Å²) < 4.78 is 6.62. The van der Waals surface area contributed by atoms with Gasteiger partial charge in [0.15, 0.2) is 0 Å². The Morgan fingerprint density at radius 2 is 1.90 bits per heavy atom. The van der Waals surface area contributed by atoms with Crippen molar-refractivity contribution in [3.8, 4) is 5.75 Å². The summed E-state index contributed by atoms with van der Waals surface area (Å²) in [6.07, 6.45) is 5.31. The number of rotatable bonds is 13. The third-order valence-corrected chi connectivity index (χ3v) is 6.27. The lowest BCUT2D eigenvalue weighted by molar-refractivity contribution is 0.132. The Morgan fingerprint density at radius 3 is 2.71 bits per heavy atom. The third kappa shape index (κ3) is 8.30. The molecule has 0 aliphatic carbocycles. The minimum atomic E-state index is -0.127. The largest absolute Gasteiger partial charge is 0.506 e. The van der Waals surface area contributed by atoms with E-state index in [1.165, 1.54) is 18.4 Å². The molecule has 170 valence electrons. The number of hydrogen-bond acceptors (Lipinski definition) is 5. The van der Waals surface area contributed by atoms with Crippen LogP contribution in [0.3, 0.4) is 0 Å². The van der Waals surface area contributed by atoms with Crippen molar-refractivity contribution < 1.29 is 9.84 Å². The fraction of sp³-hybridized carbons (Fsp3) is 0.458. The average molecular weight is 465 g/mol. The second kappa shape index (κ2) is 13.5. The molecule has 0 spiro atoms. The summed E-state index contributed by atoms with van der Waals surface area (Å²) in [5.74, 6) is 0.759. The van der Waals surface area contributed by atoms with E-state index in [9.17, 15) is 9.90 Å². The number of phenolic OH excluding ortho intramolecular Hbond substituents is 1. The molecule has 0 radical (unpaired) electrons. The molecule has 3 N–H and O–H groups in total. The number of aromatic amines is 1. The summed E-state index contributed by atoms with van der Waals surface area (Å²) in [6, 6.07) is 14.0. The fourth-order valence-electron chi connectivity index (χ4n) is 3.58. The van der Waals surface area contributed by atoms with Crippen LogP contribution in [0.25, 0.3) is 10.2 Å². The fourth-order valence-corrected chi connectivity index (χ4v) is 4.47. The van der Waals surface area contributed by atoms with Crippen LogP contribution in [0.5, 0.6) is 5.75 Å². The minimum Gasteiger partial charge on any atom is -0.506 e. The number of halogens is 1. The smallest absolute Gasteiger partial charge is 0.305 e. The van der Waals surface area contributed by atoms with E-state index in [-0.39, 0.29) is 23.0 Å². The molecule has 7 heteroatoms. The van der Waals surface area contributed by atoms with Crippen LogP contribution >= 0.6 is 23.7 Å². The summed E-state index contributed by atoms with van der Waals surface area (Å²) in [5.41, 5.74) is 2.98. The molecule has 31 heavy (non-hydrogen) atoms. The van der Waals surface area contributed by atoms with Crippen LogP contribution in [0.15, 0.2) is 47.3 Å². The van der Waals surface area contributed by atoms with E-state index in [0.717, 1.165) is 67.2 Å². The van der Waals surface area contributed by atoms with Crippen LogP contribution in [-0.4, -0.2) is 36.4 Å². The standard InChI is InChI=1S/C24H32N2O3S.ClH/c1-18(7-5-6-15-29-16-13-19-8-3-2-4-9-19)17-25-14-12-20-10-11-21(27)22-23(20)30-24(28)26-22;/h2-4,8-11,18,25,27H,5-7,12-17H2,1H3,(H,26,28);1H/t18-;/m1./s1. The van der Waals surface area contributed by atoms with Crippen molar-refractivity contribution >= 4 is 34.0 Å². The zero-order chi connectivity index (χ0) is 21.2. The first-order valence-corrected chi connectivity index (χ1v) is 11.6. The SMILES string of the molecule is C[C@H](CCCCOCCc1ccccc1)CNCCc1ccc(O)c2[nH]c(=O)sc12.Cl. The van der Waals surface area contributed by atoms with Gasteiger partial charge in [-0.05, 0) is 61.9 Å². The first kappa shape index (κ1) is 25.4. The van der Waals surface area contributed by atoms with Crippen molar-refractivity contribution in [2.24, 2.45) is 5.92 Å². The predicted octanol–water partition coefficient (Wildman–Crippen LogP) is 4.91. The van der Waals surface area contributed by atoms with E-state index >= 15 is 0 Å². The number of aromatic nitrogens is 1. The van der Waals surface area contributed by atoms with E-state index in [0.29, 0.717) is 11.4 Å². The Bertz CT molecular complexity index is 958. The summed E-state index contributed by atoms with van der Waals surface area (Å²) in [6.45, 7) is 5.75. The van der Waals surface area contributed by atoms with Crippen LogP contribution in [0.4, 0.5) is 0 Å². The highest BCUT2D eigenvalue weighted by atomic mass is 35.5. The first-order valence-electron chi connectivity index (χ1n) is 10.8. The third-order valence-electron chi connectivity index (χ3n) is 5.32. The summed E-state index contributed by atoms with van der Waals surface area (Å²) >= 11 is 1.16. The predicted molar refractivity (Wildman–Crippen MR) is 132 cm³/mol. The Kier molecular flexibility index (Phi) is 11.1. The lowest BCUT2D eigenvalue weighted by Crippen LogP contribution is -2.23. The van der Waals surface area contributed by atoms with Crippen LogP contribution in [0.1, 0.15) is 37.3 Å². The monoisotopic (exact) mass is 464 g/mol. The Morgan fingerprint density at radius 1 is 1.10 bits per heavy atom. The molecule has 5 nitrogen and oxygen atoms in total. The topological polar surface area (TPSA) is 74.3 Å². The molecule has 2 aromatic carbocycles. The molecule has 0 unspecified atom stereocenters. The van der Waals surface area contributed by atoms with E-state index in [2.05, 4.69) is 41.5 Å². The van der Waals surface area contributed by atoms with E-state index < -0.39 is 0 Å². The van der Waals surface area contributed by atoms with Gasteiger partial charge >= 0.3 is 4.87 Å². The van der Waals surface area contributed by atoms with Gasteiger partial charge in [0.25, 0.3) is 0 Å². The zero-order valence-corrected chi connectivity index (χ0v) is 19.7. The molecule has 0 aliphatic rings. The van der Waals surface area contributed by atoms with Crippen molar-refractivity contribution in [3.63, 3.8) is 0 Å². The number of phenols is 1. The zero-order valence-electron chi connectivity index (χ0n) is 18.1. The maximum absolute atomic E-state index is 11.6. The lowest BCUT2D eigenvalue weighted by Gasteiger charge is -2.13. The number of ether oxygens (including phenoxy) is 1. The molecule has 0 fully saturated rings. The van der Waals surface area contributed by atoms with Crippen molar-refractivity contribution in [2.75, 3.05) is 26.3 Å². The van der Waals surface area contributed by atoms with Gasteiger partial charge in [-0.15, -0.1) is 12.4 Å². The maximum Gasteiger partial charge on any atom is 0.305 e. The quantitative estimate of drug-likeness (QED) is 0.314. The molecular formula is C24H33ClN2O3S. The molecule has 0 amide bonds. The Balaban J connectivity index is 0.00000341. The van der Waals surface area contributed by atoms with Gasteiger partial charge in [0.1, 0.15) is 11.3 Å². The van der Waals surface area contributed by atoms with Crippen molar-refractivity contribution in [1.29, 1.82) is 0 Å². The number of H-pyrrole nitrogens is 1. The van der Waals surface area contributed by atoms with Gasteiger partial charge < -0.3 is 20.1 Å². The maximum atomic E-state index is 11.6. The average Bonchev–Trinajstić information content (AvgIpc) is 3.15. The van der Waals surface area contributed by atoms with Crippen molar-refractivity contribution in [3.05, 3.63) is 63.3 Å². The molecule has 0 aliphatic heterocycles. The van der Waals surface area contributed by atoms with Crippen LogP contribution in [-0.2, 0) is 17.6 Å². The van der Waals surface area contributed by atoms with Crippen LogP contribution in [0, 0.1) is 5.92 Å². The van der Waals surface area contributed by atoms with E-state index in [1.807, 2.05) is 12.1 Å². The number of fused-ring (bicyclic) bond motifs is 1. The van der Waals surface area contributed by atoms with Crippen molar-refractivity contribution in [2.45, 2.75) is 39.0 Å². The molecular weight excluding hydrogens is 432 g/mol. The second-order valence-electron chi connectivity index (χ2n) is 7.87. The van der Waals surface area contributed by atoms with Gasteiger partial charge in [0.2, 0.25) is 0 Å². The van der Waals surface area contributed by atoms with Gasteiger partial charge in [0.05, 0.1) is 11.3 Å². The number of benzene rings is 2. The molecule has 0 saturated carbocycles. The first-order chi connectivity index (χ1) is 14.6. The summed E-state index contributed by atoms with van der Waals surface area (Å²) in [4.78, 5) is 14.2. The van der Waals surface area contributed by atoms with Crippen LogP contribution in [0.2, 0.25) is 0 Å². The number of nitrogens with one attached hydrogen (secondary N) is 2. The van der Waals surface area contributed by atoms with Gasteiger partial charge in [-0.3, -0.25) is 4.79 Å². The second-order valence-corrected chi connectivity index (χ2v) is 8.85. The molecule has 0 saturated heterocycles. The molecule has 3 aromatic rings. The van der Waals surface area contributed by atoms with Gasteiger partial charge in [-0.25, -0.2) is 0 Å². The number of hydrogen-bond donors (Lipinski definition) is 3. The van der Waals surface area contributed by atoms with Gasteiger partial charge in [0, 0.05) is 6.61 Å². The van der Waals surface area contributed by atoms with Crippen LogP contribution < -0.4 is 10.2 Å². The normalized spacial score (nSPS) is 12.0. The molecule has 3 rings (SSSR count). The van der Waals surface area contributed by atoms with Gasteiger partial charge in [-0.1, -0.05) is 61.1 Å². The number of aromatic hydroxyl groups is 1. The highest BCUT2D eigenvalue weighted by Crippen LogP contribution is 2.27. The summed E-state index contributed by atoms with van der Waals surface area (Å²) in [7, 11) is 0. The Hall–Kier alpha value is -1.86. The highest BCUT2D eigenvalue weighted by molar-refractivity contribution is 7.16. The highest BCUT2D eigenvalue weighted by Gasteiger charge is 2.09. The van der Waals surface area contributed by atoms with Gasteiger partial charge in [-0.2, -0.15) is 0 Å². The molecule has 0 bridgehead atoms. The van der Waals surface area contributed by atoms with E-state index in [4.69, 9.17) is 4.74 Å². The Labute approximate surface area is 194 Å². The minimum absolute atomic E-state index is 0. The van der Waals surface area contributed by atoms with E-state index in [1.54, 1.807) is 6.07 Å². The van der Waals surface area contributed by atoms with Crippen molar-refractivity contribution in [1.82, 2.24) is 10.3 Å². The molecule has 1 heterocycles.